The Kier molecular flexibility index (Phi) is 8.40. The predicted molar refractivity (Wildman–Crippen MR) is 150 cm³/mol. The van der Waals surface area contributed by atoms with E-state index in [-0.39, 0.29) is 17.8 Å². The molecule has 0 spiro atoms. The third kappa shape index (κ3) is 6.43. The van der Waals surface area contributed by atoms with Crippen molar-refractivity contribution in [1.29, 1.82) is 0 Å². The summed E-state index contributed by atoms with van der Waals surface area (Å²) in [5.41, 5.74) is 4.34. The van der Waals surface area contributed by atoms with Crippen LogP contribution in [-0.4, -0.2) is 42.3 Å². The number of hydrogen-bond donors (Lipinski definition) is 1. The third-order valence-corrected chi connectivity index (χ3v) is 7.76. The first-order valence-electron chi connectivity index (χ1n) is 13.7. The van der Waals surface area contributed by atoms with E-state index in [1.54, 1.807) is 12.1 Å². The van der Waals surface area contributed by atoms with Crippen molar-refractivity contribution in [3.63, 3.8) is 0 Å². The Morgan fingerprint density at radius 2 is 1.71 bits per heavy atom. The highest BCUT2D eigenvalue weighted by molar-refractivity contribution is 6.01. The number of aromatic carboxylic acids is 1. The molecule has 5 rings (SSSR count). The average Bonchev–Trinajstić information content (AvgIpc) is 3.30. The zero-order valence-electron chi connectivity index (χ0n) is 22.4. The minimum atomic E-state index is -4.76. The summed E-state index contributed by atoms with van der Waals surface area (Å²) in [5, 5.41) is 9.53. The maximum atomic E-state index is 14.1. The quantitative estimate of drug-likeness (QED) is 0.292. The smallest absolute Gasteiger partial charge is 0.417 e. The minimum Gasteiger partial charge on any atom is -0.478 e. The third-order valence-electron chi connectivity index (χ3n) is 7.76. The van der Waals surface area contributed by atoms with Crippen molar-refractivity contribution >= 4 is 23.2 Å². The number of fused-ring (bicyclic) bond motifs is 1. The molecule has 214 valence electrons. The number of halogens is 5. The van der Waals surface area contributed by atoms with Crippen LogP contribution >= 0.6 is 0 Å². The Morgan fingerprint density at radius 1 is 0.951 bits per heavy atom. The zero-order chi connectivity index (χ0) is 29.1. The SMILES string of the molecule is O=C(O)c1ccc2c(c1)CCCC(c1ccc(F)cc1C(F)(F)F)=C2c1ccc(/C=C2/CCN(CCCF)C2)cc1. The van der Waals surface area contributed by atoms with Crippen molar-refractivity contribution in [2.24, 2.45) is 0 Å². The van der Waals surface area contributed by atoms with Gasteiger partial charge in [-0.3, -0.25) is 9.29 Å². The zero-order valence-corrected chi connectivity index (χ0v) is 22.4. The van der Waals surface area contributed by atoms with Gasteiger partial charge in [0.05, 0.1) is 17.8 Å². The Hall–Kier alpha value is -3.78. The fraction of sp³-hybridized carbons (Fsp3) is 0.303. The molecule has 0 atom stereocenters. The Morgan fingerprint density at radius 3 is 2.41 bits per heavy atom. The Labute approximate surface area is 235 Å². The first-order valence-corrected chi connectivity index (χ1v) is 13.7. The fourth-order valence-electron chi connectivity index (χ4n) is 5.85. The molecule has 8 heteroatoms. The molecule has 0 unspecified atom stereocenters. The second-order valence-electron chi connectivity index (χ2n) is 10.6. The van der Waals surface area contributed by atoms with Gasteiger partial charge in [0.1, 0.15) is 5.82 Å². The summed E-state index contributed by atoms with van der Waals surface area (Å²) in [6.45, 7) is 2.05. The molecular formula is C33H30F5NO2. The van der Waals surface area contributed by atoms with Gasteiger partial charge >= 0.3 is 12.1 Å². The van der Waals surface area contributed by atoms with E-state index >= 15 is 0 Å². The van der Waals surface area contributed by atoms with Gasteiger partial charge in [0.2, 0.25) is 0 Å². The van der Waals surface area contributed by atoms with Crippen molar-refractivity contribution in [3.05, 3.63) is 111 Å². The molecule has 3 aromatic carbocycles. The number of carboxylic acid groups (broad SMARTS) is 1. The number of benzene rings is 3. The van der Waals surface area contributed by atoms with Crippen molar-refractivity contribution < 1.29 is 31.9 Å². The van der Waals surface area contributed by atoms with Crippen LogP contribution in [-0.2, 0) is 12.6 Å². The summed E-state index contributed by atoms with van der Waals surface area (Å²) in [4.78, 5) is 13.9. The predicted octanol–water partition coefficient (Wildman–Crippen LogP) is 8.29. The van der Waals surface area contributed by atoms with Crippen LogP contribution in [0.4, 0.5) is 22.0 Å². The second kappa shape index (κ2) is 12.0. The number of aryl methyl sites for hydroxylation is 1. The van der Waals surface area contributed by atoms with E-state index in [1.165, 1.54) is 17.7 Å². The number of likely N-dealkylation sites (tertiary alicyclic amines) is 1. The fourth-order valence-corrected chi connectivity index (χ4v) is 5.85. The van der Waals surface area contributed by atoms with Crippen LogP contribution in [0.2, 0.25) is 0 Å². The van der Waals surface area contributed by atoms with Crippen LogP contribution in [0.5, 0.6) is 0 Å². The number of hydrogen-bond acceptors (Lipinski definition) is 2. The van der Waals surface area contributed by atoms with E-state index in [9.17, 15) is 31.9 Å². The summed E-state index contributed by atoms with van der Waals surface area (Å²) in [5.74, 6) is -2.04. The minimum absolute atomic E-state index is 0.0745. The highest BCUT2D eigenvalue weighted by atomic mass is 19.4. The van der Waals surface area contributed by atoms with Crippen molar-refractivity contribution in [3.8, 4) is 0 Å². The van der Waals surface area contributed by atoms with Gasteiger partial charge in [-0.15, -0.1) is 0 Å². The number of nitrogens with zero attached hydrogens (tertiary/aromatic N) is 1. The van der Waals surface area contributed by atoms with E-state index in [0.29, 0.717) is 54.0 Å². The lowest BCUT2D eigenvalue weighted by molar-refractivity contribution is -0.138. The molecule has 1 saturated heterocycles. The maximum absolute atomic E-state index is 14.1. The van der Waals surface area contributed by atoms with Gasteiger partial charge < -0.3 is 5.11 Å². The summed E-state index contributed by atoms with van der Waals surface area (Å²) >= 11 is 0. The molecule has 1 N–H and O–H groups in total. The summed E-state index contributed by atoms with van der Waals surface area (Å²) in [7, 11) is 0. The molecule has 3 nitrogen and oxygen atoms in total. The molecule has 2 aliphatic rings. The lowest BCUT2D eigenvalue weighted by Crippen LogP contribution is -2.20. The molecule has 0 radical (unpaired) electrons. The number of carboxylic acids is 1. The molecule has 0 bridgehead atoms. The van der Waals surface area contributed by atoms with E-state index in [1.807, 2.05) is 24.3 Å². The number of carbonyl (C=O) groups is 1. The average molecular weight is 568 g/mol. The van der Waals surface area contributed by atoms with Crippen molar-refractivity contribution in [2.45, 2.75) is 38.3 Å². The van der Waals surface area contributed by atoms with Crippen LogP contribution < -0.4 is 0 Å². The highest BCUT2D eigenvalue weighted by Gasteiger charge is 2.36. The van der Waals surface area contributed by atoms with Crippen LogP contribution in [0, 0.1) is 5.82 Å². The molecule has 0 saturated carbocycles. The molecule has 3 aromatic rings. The number of alkyl halides is 4. The summed E-state index contributed by atoms with van der Waals surface area (Å²) < 4.78 is 68.9. The molecule has 0 amide bonds. The van der Waals surface area contributed by atoms with Gasteiger partial charge in [-0.25, -0.2) is 9.18 Å². The highest BCUT2D eigenvalue weighted by Crippen LogP contribution is 2.44. The van der Waals surface area contributed by atoms with Crippen LogP contribution in [0.25, 0.3) is 17.2 Å². The van der Waals surface area contributed by atoms with Gasteiger partial charge in [0.25, 0.3) is 0 Å². The van der Waals surface area contributed by atoms with Gasteiger partial charge in [-0.05, 0) is 95.3 Å². The van der Waals surface area contributed by atoms with Gasteiger partial charge in [-0.1, -0.05) is 48.0 Å². The van der Waals surface area contributed by atoms with Crippen LogP contribution in [0.3, 0.4) is 0 Å². The van der Waals surface area contributed by atoms with E-state index in [2.05, 4.69) is 11.0 Å². The topological polar surface area (TPSA) is 40.5 Å². The Balaban J connectivity index is 1.62. The van der Waals surface area contributed by atoms with Gasteiger partial charge in [0, 0.05) is 19.6 Å². The summed E-state index contributed by atoms with van der Waals surface area (Å²) in [6.07, 6.45) is 0.0550. The molecule has 1 fully saturated rings. The first kappa shape index (κ1) is 28.7. The normalized spacial score (nSPS) is 17.1. The molecule has 0 aromatic heterocycles. The monoisotopic (exact) mass is 567 g/mol. The van der Waals surface area contributed by atoms with E-state index < -0.39 is 23.5 Å². The van der Waals surface area contributed by atoms with E-state index in [4.69, 9.17) is 0 Å². The Bertz CT molecular complexity index is 1500. The molecule has 41 heavy (non-hydrogen) atoms. The second-order valence-corrected chi connectivity index (χ2v) is 10.6. The molecule has 1 heterocycles. The van der Waals surface area contributed by atoms with Crippen LogP contribution in [0.1, 0.15) is 69.4 Å². The molecule has 1 aliphatic heterocycles. The van der Waals surface area contributed by atoms with Crippen molar-refractivity contribution in [1.82, 2.24) is 4.90 Å². The van der Waals surface area contributed by atoms with E-state index in [0.717, 1.165) is 43.2 Å². The van der Waals surface area contributed by atoms with Crippen LogP contribution in [0.15, 0.2) is 66.2 Å². The molecular weight excluding hydrogens is 537 g/mol. The number of allylic oxidation sites excluding steroid dienone is 1. The standard InChI is InChI=1S/C33H30F5NO2/c34-14-2-15-39-16-13-22(20-39)17-21-5-7-23(8-6-21)31-27-11-9-25(32(40)41)18-24(27)3-1-4-29(31)28-12-10-26(35)19-30(28)33(36,37)38/h5-12,17-19H,1-4,13-16,20H2,(H,40,41)/b22-17-. The van der Waals surface area contributed by atoms with Crippen molar-refractivity contribution in [2.75, 3.05) is 26.3 Å². The lowest BCUT2D eigenvalue weighted by Gasteiger charge is -2.20. The first-order chi connectivity index (χ1) is 19.6. The summed E-state index contributed by atoms with van der Waals surface area (Å²) in [6, 6.07) is 15.1. The van der Waals surface area contributed by atoms with Gasteiger partial charge in [-0.2, -0.15) is 13.2 Å². The lowest BCUT2D eigenvalue weighted by atomic mass is 9.85. The largest absolute Gasteiger partial charge is 0.478 e. The number of rotatable bonds is 7. The molecule has 1 aliphatic carbocycles. The maximum Gasteiger partial charge on any atom is 0.417 e. The van der Waals surface area contributed by atoms with Gasteiger partial charge in [0.15, 0.2) is 0 Å².